The fourth-order valence-electron chi connectivity index (χ4n) is 2.18. The van der Waals surface area contributed by atoms with Gasteiger partial charge in [-0.2, -0.15) is 4.80 Å². The average Bonchev–Trinajstić information content (AvgIpc) is 2.82. The van der Waals surface area contributed by atoms with E-state index < -0.39 is 0 Å². The molecule has 96 valence electrons. The number of aromatic nitrogens is 4. The van der Waals surface area contributed by atoms with Gasteiger partial charge in [-0.1, -0.05) is 37.3 Å². The maximum absolute atomic E-state index is 9.82. The van der Waals surface area contributed by atoms with Crippen LogP contribution < -0.4 is 0 Å². The summed E-state index contributed by atoms with van der Waals surface area (Å²) < 4.78 is 0. The number of rotatable bonds is 5. The van der Waals surface area contributed by atoms with E-state index in [1.165, 1.54) is 4.80 Å². The lowest BCUT2D eigenvalue weighted by Gasteiger charge is -2.30. The van der Waals surface area contributed by atoms with Gasteiger partial charge in [-0.3, -0.25) is 0 Å². The molecule has 0 radical (unpaired) electrons. The number of tetrazole rings is 1. The molecule has 0 spiro atoms. The minimum Gasteiger partial charge on any atom is -0.395 e. The van der Waals surface area contributed by atoms with Gasteiger partial charge in [0.25, 0.3) is 0 Å². The van der Waals surface area contributed by atoms with Crippen LogP contribution in [0.2, 0.25) is 0 Å². The van der Waals surface area contributed by atoms with Gasteiger partial charge in [0, 0.05) is 11.8 Å². The molecule has 0 aliphatic heterocycles. The summed E-state index contributed by atoms with van der Waals surface area (Å²) in [5.74, 6) is 0.664. The van der Waals surface area contributed by atoms with Gasteiger partial charge in [0.15, 0.2) is 5.82 Å². The first kappa shape index (κ1) is 12.7. The van der Waals surface area contributed by atoms with Crippen molar-refractivity contribution in [2.24, 2.45) is 7.05 Å². The maximum Gasteiger partial charge on any atom is 0.175 e. The van der Waals surface area contributed by atoms with E-state index in [0.29, 0.717) is 12.2 Å². The molecule has 18 heavy (non-hydrogen) atoms. The zero-order chi connectivity index (χ0) is 13.0. The molecule has 1 aromatic carbocycles. The van der Waals surface area contributed by atoms with E-state index in [-0.39, 0.29) is 12.0 Å². The second kappa shape index (κ2) is 5.27. The third-order valence-electron chi connectivity index (χ3n) is 3.41. The summed E-state index contributed by atoms with van der Waals surface area (Å²) in [4.78, 5) is 1.44. The average molecular weight is 246 g/mol. The third-order valence-corrected chi connectivity index (χ3v) is 3.41. The van der Waals surface area contributed by atoms with Crippen LogP contribution in [0.25, 0.3) is 0 Å². The molecular formula is C13H18N4O. The summed E-state index contributed by atoms with van der Waals surface area (Å²) in [5, 5.41) is 21.9. The maximum atomic E-state index is 9.82. The molecule has 1 atom stereocenters. The first-order valence-electron chi connectivity index (χ1n) is 6.09. The molecule has 5 heteroatoms. The van der Waals surface area contributed by atoms with E-state index in [4.69, 9.17) is 0 Å². The van der Waals surface area contributed by atoms with Crippen molar-refractivity contribution in [1.82, 2.24) is 20.2 Å². The standard InChI is InChI=1S/C13H18N4O/c1-3-13(10-18,11-7-5-4-6-8-11)9-12-14-16-17(2)15-12/h4-8,18H,3,9-10H2,1-2H3. The molecular weight excluding hydrogens is 228 g/mol. The van der Waals surface area contributed by atoms with Crippen LogP contribution in [0, 0.1) is 0 Å². The largest absolute Gasteiger partial charge is 0.395 e. The van der Waals surface area contributed by atoms with Crippen molar-refractivity contribution in [2.75, 3.05) is 6.61 Å². The zero-order valence-electron chi connectivity index (χ0n) is 10.7. The van der Waals surface area contributed by atoms with Crippen LogP contribution in [-0.4, -0.2) is 31.9 Å². The SMILES string of the molecule is CCC(CO)(Cc1nnn(C)n1)c1ccccc1. The molecule has 1 unspecified atom stereocenters. The Kier molecular flexibility index (Phi) is 3.72. The Morgan fingerprint density at radius 3 is 2.50 bits per heavy atom. The van der Waals surface area contributed by atoms with E-state index in [9.17, 15) is 5.11 Å². The molecule has 0 aliphatic rings. The van der Waals surface area contributed by atoms with Crippen molar-refractivity contribution in [3.8, 4) is 0 Å². The lowest BCUT2D eigenvalue weighted by atomic mass is 9.76. The summed E-state index contributed by atoms with van der Waals surface area (Å²) in [6.45, 7) is 2.14. The molecule has 0 aliphatic carbocycles. The number of nitrogens with zero attached hydrogens (tertiary/aromatic N) is 4. The number of aliphatic hydroxyl groups is 1. The predicted octanol–water partition coefficient (Wildman–Crippen LogP) is 1.09. The fraction of sp³-hybridized carbons (Fsp3) is 0.462. The van der Waals surface area contributed by atoms with Crippen LogP contribution in [0.4, 0.5) is 0 Å². The van der Waals surface area contributed by atoms with Gasteiger partial charge < -0.3 is 5.11 Å². The Labute approximate surface area is 106 Å². The molecule has 1 N–H and O–H groups in total. The zero-order valence-corrected chi connectivity index (χ0v) is 10.7. The summed E-state index contributed by atoms with van der Waals surface area (Å²) in [7, 11) is 1.74. The molecule has 0 saturated heterocycles. The summed E-state index contributed by atoms with van der Waals surface area (Å²) in [5.41, 5.74) is 0.784. The van der Waals surface area contributed by atoms with Gasteiger partial charge in [-0.25, -0.2) is 0 Å². The molecule has 0 fully saturated rings. The molecule has 0 saturated carbocycles. The van der Waals surface area contributed by atoms with Crippen molar-refractivity contribution in [2.45, 2.75) is 25.2 Å². The van der Waals surface area contributed by atoms with Crippen LogP contribution in [0.3, 0.4) is 0 Å². The highest BCUT2D eigenvalue weighted by Gasteiger charge is 2.31. The summed E-state index contributed by atoms with van der Waals surface area (Å²) >= 11 is 0. The van der Waals surface area contributed by atoms with Gasteiger partial charge in [0.1, 0.15) is 0 Å². The van der Waals surface area contributed by atoms with E-state index in [0.717, 1.165) is 12.0 Å². The lowest BCUT2D eigenvalue weighted by Crippen LogP contribution is -2.33. The first-order chi connectivity index (χ1) is 8.70. The topological polar surface area (TPSA) is 63.8 Å². The number of benzene rings is 1. The van der Waals surface area contributed by atoms with Crippen molar-refractivity contribution < 1.29 is 5.11 Å². The minimum absolute atomic E-state index is 0.0752. The van der Waals surface area contributed by atoms with Crippen LogP contribution in [0.5, 0.6) is 0 Å². The Morgan fingerprint density at radius 1 is 1.28 bits per heavy atom. The summed E-state index contributed by atoms with van der Waals surface area (Å²) in [6, 6.07) is 10.0. The van der Waals surface area contributed by atoms with E-state index in [2.05, 4.69) is 22.3 Å². The van der Waals surface area contributed by atoms with E-state index in [1.807, 2.05) is 30.3 Å². The van der Waals surface area contributed by atoms with Gasteiger partial charge >= 0.3 is 0 Å². The van der Waals surface area contributed by atoms with Crippen molar-refractivity contribution in [1.29, 1.82) is 0 Å². The molecule has 2 aromatic rings. The second-order valence-electron chi connectivity index (χ2n) is 4.53. The van der Waals surface area contributed by atoms with Gasteiger partial charge in [-0.15, -0.1) is 10.2 Å². The Balaban J connectivity index is 2.32. The van der Waals surface area contributed by atoms with Gasteiger partial charge in [-0.05, 0) is 17.2 Å². The van der Waals surface area contributed by atoms with E-state index >= 15 is 0 Å². The number of aliphatic hydroxyl groups excluding tert-OH is 1. The first-order valence-corrected chi connectivity index (χ1v) is 6.09. The van der Waals surface area contributed by atoms with Crippen LogP contribution in [0.15, 0.2) is 30.3 Å². The third kappa shape index (κ3) is 2.41. The highest BCUT2D eigenvalue weighted by molar-refractivity contribution is 5.26. The summed E-state index contributed by atoms with van der Waals surface area (Å²) in [6.07, 6.45) is 1.42. The number of aryl methyl sites for hydroxylation is 1. The minimum atomic E-state index is -0.329. The normalized spacial score (nSPS) is 14.4. The number of hydrogen-bond acceptors (Lipinski definition) is 4. The molecule has 2 rings (SSSR count). The molecule has 0 bridgehead atoms. The Bertz CT molecular complexity index is 491. The fourth-order valence-corrected chi connectivity index (χ4v) is 2.18. The van der Waals surface area contributed by atoms with Crippen molar-refractivity contribution in [3.05, 3.63) is 41.7 Å². The van der Waals surface area contributed by atoms with Gasteiger partial charge in [0.05, 0.1) is 13.7 Å². The smallest absolute Gasteiger partial charge is 0.175 e. The van der Waals surface area contributed by atoms with Gasteiger partial charge in [0.2, 0.25) is 0 Å². The monoisotopic (exact) mass is 246 g/mol. The second-order valence-corrected chi connectivity index (χ2v) is 4.53. The Morgan fingerprint density at radius 2 is 2.00 bits per heavy atom. The predicted molar refractivity (Wildman–Crippen MR) is 68.0 cm³/mol. The van der Waals surface area contributed by atoms with Crippen LogP contribution >= 0.6 is 0 Å². The molecule has 1 aromatic heterocycles. The van der Waals surface area contributed by atoms with Crippen LogP contribution in [0.1, 0.15) is 24.7 Å². The molecule has 0 amide bonds. The number of hydrogen-bond donors (Lipinski definition) is 1. The lowest BCUT2D eigenvalue weighted by molar-refractivity contribution is 0.184. The highest BCUT2D eigenvalue weighted by atomic mass is 16.3. The van der Waals surface area contributed by atoms with E-state index in [1.54, 1.807) is 7.05 Å². The van der Waals surface area contributed by atoms with Crippen molar-refractivity contribution >= 4 is 0 Å². The van der Waals surface area contributed by atoms with Crippen LogP contribution in [-0.2, 0) is 18.9 Å². The Hall–Kier alpha value is -1.75. The van der Waals surface area contributed by atoms with Crippen molar-refractivity contribution in [3.63, 3.8) is 0 Å². The molecule has 1 heterocycles. The quantitative estimate of drug-likeness (QED) is 0.858. The highest BCUT2D eigenvalue weighted by Crippen LogP contribution is 2.30. The molecule has 5 nitrogen and oxygen atoms in total.